The Balaban J connectivity index is 1.71. The molecule has 0 unspecified atom stereocenters. The van der Waals surface area contributed by atoms with Gasteiger partial charge in [-0.2, -0.15) is 0 Å². The number of rotatable bonds is 5. The number of hydrogen-bond acceptors (Lipinski definition) is 4. The molecule has 6 nitrogen and oxygen atoms in total. The summed E-state index contributed by atoms with van der Waals surface area (Å²) in [5, 5.41) is 0. The molecule has 0 aliphatic rings. The summed E-state index contributed by atoms with van der Waals surface area (Å²) in [7, 11) is 0. The molecule has 2 aromatic rings. The monoisotopic (exact) mass is 342 g/mol. The molecule has 0 radical (unpaired) electrons. The Morgan fingerprint density at radius 1 is 0.960 bits per heavy atom. The van der Waals surface area contributed by atoms with E-state index in [0.717, 1.165) is 6.08 Å². The summed E-state index contributed by atoms with van der Waals surface area (Å²) >= 11 is 0. The van der Waals surface area contributed by atoms with Gasteiger partial charge >= 0.3 is 5.97 Å². The highest BCUT2D eigenvalue weighted by Gasteiger charge is 2.08. The van der Waals surface area contributed by atoms with Crippen LogP contribution in [-0.4, -0.2) is 24.4 Å². The summed E-state index contributed by atoms with van der Waals surface area (Å²) in [6, 6.07) is 13.8. The Hall–Kier alpha value is -3.48. The number of ether oxygens (including phenoxy) is 1. The van der Waals surface area contributed by atoms with E-state index in [0.29, 0.717) is 11.1 Å². The van der Waals surface area contributed by atoms with Gasteiger partial charge in [0.25, 0.3) is 11.8 Å². The average molecular weight is 342 g/mol. The molecule has 0 atom stereocenters. The van der Waals surface area contributed by atoms with Crippen molar-refractivity contribution in [1.29, 1.82) is 0 Å². The molecule has 0 aromatic heterocycles. The second-order valence-corrected chi connectivity index (χ2v) is 4.86. The molecule has 2 rings (SSSR count). The van der Waals surface area contributed by atoms with E-state index >= 15 is 0 Å². The van der Waals surface area contributed by atoms with Gasteiger partial charge in [-0.25, -0.2) is 9.18 Å². The van der Waals surface area contributed by atoms with Crippen LogP contribution in [0.5, 0.6) is 0 Å². The summed E-state index contributed by atoms with van der Waals surface area (Å²) in [6.45, 7) is -0.554. The van der Waals surface area contributed by atoms with E-state index in [9.17, 15) is 18.8 Å². The van der Waals surface area contributed by atoms with E-state index in [4.69, 9.17) is 4.74 Å². The van der Waals surface area contributed by atoms with Gasteiger partial charge < -0.3 is 4.74 Å². The fraction of sp³-hybridized carbons (Fsp3) is 0.0556. The number of amides is 2. The molecular formula is C18H15FN2O4. The standard InChI is InChI=1S/C18H15FN2O4/c19-15-9-6-13(7-10-15)8-11-17(23)25-12-16(22)20-21-18(24)14-4-2-1-3-5-14/h1-11H,12H2,(H,20,22)(H,21,24)/b11-8+. The van der Waals surface area contributed by atoms with Crippen molar-refractivity contribution in [1.82, 2.24) is 10.9 Å². The van der Waals surface area contributed by atoms with Crippen molar-refractivity contribution in [3.05, 3.63) is 77.6 Å². The van der Waals surface area contributed by atoms with Gasteiger partial charge in [0.2, 0.25) is 0 Å². The minimum Gasteiger partial charge on any atom is -0.452 e. The van der Waals surface area contributed by atoms with Crippen molar-refractivity contribution >= 4 is 23.9 Å². The highest BCUT2D eigenvalue weighted by Crippen LogP contribution is 2.04. The lowest BCUT2D eigenvalue weighted by Gasteiger charge is -2.07. The Bertz CT molecular complexity index is 773. The molecule has 25 heavy (non-hydrogen) atoms. The number of hydrogen-bond donors (Lipinski definition) is 2. The molecule has 0 fully saturated rings. The van der Waals surface area contributed by atoms with Crippen LogP contribution in [0.2, 0.25) is 0 Å². The first-order chi connectivity index (χ1) is 12.0. The predicted octanol–water partition coefficient (Wildman–Crippen LogP) is 1.84. The zero-order valence-electron chi connectivity index (χ0n) is 13.1. The minimum absolute atomic E-state index is 0.377. The van der Waals surface area contributed by atoms with E-state index in [-0.39, 0.29) is 5.82 Å². The van der Waals surface area contributed by atoms with Crippen molar-refractivity contribution in [2.24, 2.45) is 0 Å². The fourth-order valence-electron chi connectivity index (χ4n) is 1.75. The SMILES string of the molecule is O=C(COC(=O)/C=C/c1ccc(F)cc1)NNC(=O)c1ccccc1. The van der Waals surface area contributed by atoms with Gasteiger partial charge in [0.1, 0.15) is 5.82 Å². The van der Waals surface area contributed by atoms with Gasteiger partial charge in [-0.05, 0) is 35.9 Å². The van der Waals surface area contributed by atoms with Crippen LogP contribution in [0.25, 0.3) is 6.08 Å². The van der Waals surface area contributed by atoms with Crippen molar-refractivity contribution in [3.8, 4) is 0 Å². The first-order valence-electron chi connectivity index (χ1n) is 7.29. The van der Waals surface area contributed by atoms with Crippen LogP contribution in [0.4, 0.5) is 4.39 Å². The number of hydrazine groups is 1. The molecule has 0 aliphatic carbocycles. The van der Waals surface area contributed by atoms with E-state index in [1.807, 2.05) is 0 Å². The van der Waals surface area contributed by atoms with Crippen molar-refractivity contribution < 1.29 is 23.5 Å². The van der Waals surface area contributed by atoms with E-state index < -0.39 is 24.4 Å². The predicted molar refractivity (Wildman–Crippen MR) is 88.4 cm³/mol. The van der Waals surface area contributed by atoms with Crippen LogP contribution >= 0.6 is 0 Å². The number of nitrogens with one attached hydrogen (secondary N) is 2. The topological polar surface area (TPSA) is 84.5 Å². The van der Waals surface area contributed by atoms with Crippen LogP contribution in [-0.2, 0) is 14.3 Å². The van der Waals surface area contributed by atoms with Crippen LogP contribution in [0.15, 0.2) is 60.7 Å². The van der Waals surface area contributed by atoms with Crippen molar-refractivity contribution in [2.45, 2.75) is 0 Å². The van der Waals surface area contributed by atoms with Crippen molar-refractivity contribution in [2.75, 3.05) is 6.61 Å². The Kier molecular flexibility index (Phi) is 6.41. The van der Waals surface area contributed by atoms with Crippen LogP contribution in [0.3, 0.4) is 0 Å². The second-order valence-electron chi connectivity index (χ2n) is 4.86. The van der Waals surface area contributed by atoms with Gasteiger partial charge in [0.05, 0.1) is 0 Å². The van der Waals surface area contributed by atoms with Gasteiger partial charge in [-0.1, -0.05) is 30.3 Å². The normalized spacial score (nSPS) is 10.3. The van der Waals surface area contributed by atoms with Gasteiger partial charge in [-0.15, -0.1) is 0 Å². The smallest absolute Gasteiger partial charge is 0.331 e. The first kappa shape index (κ1) is 17.9. The molecule has 7 heteroatoms. The number of benzene rings is 2. The summed E-state index contributed by atoms with van der Waals surface area (Å²) < 4.78 is 17.5. The lowest BCUT2D eigenvalue weighted by atomic mass is 10.2. The maximum absolute atomic E-state index is 12.7. The first-order valence-corrected chi connectivity index (χ1v) is 7.29. The summed E-state index contributed by atoms with van der Waals surface area (Å²) in [4.78, 5) is 34.7. The molecule has 2 aromatic carbocycles. The van der Waals surface area contributed by atoms with E-state index in [1.54, 1.807) is 30.3 Å². The Labute approximate surface area is 143 Å². The summed E-state index contributed by atoms with van der Waals surface area (Å²) in [5.41, 5.74) is 5.32. The van der Waals surface area contributed by atoms with Crippen LogP contribution < -0.4 is 10.9 Å². The van der Waals surface area contributed by atoms with Crippen LogP contribution in [0.1, 0.15) is 15.9 Å². The van der Waals surface area contributed by atoms with Crippen LogP contribution in [0, 0.1) is 5.82 Å². The molecule has 0 saturated heterocycles. The Morgan fingerprint density at radius 3 is 2.32 bits per heavy atom. The quantitative estimate of drug-likeness (QED) is 0.493. The maximum atomic E-state index is 12.7. The molecule has 0 spiro atoms. The lowest BCUT2D eigenvalue weighted by Crippen LogP contribution is -2.43. The Morgan fingerprint density at radius 2 is 1.64 bits per heavy atom. The number of carbonyl (C=O) groups excluding carboxylic acids is 3. The van der Waals surface area contributed by atoms with Crippen molar-refractivity contribution in [3.63, 3.8) is 0 Å². The average Bonchev–Trinajstić information content (AvgIpc) is 2.64. The lowest BCUT2D eigenvalue weighted by molar-refractivity contribution is -0.144. The molecule has 2 N–H and O–H groups in total. The van der Waals surface area contributed by atoms with E-state index in [1.165, 1.54) is 30.3 Å². The molecule has 0 saturated carbocycles. The number of halogens is 1. The zero-order chi connectivity index (χ0) is 18.1. The number of esters is 1. The third kappa shape index (κ3) is 6.26. The van der Waals surface area contributed by atoms with Gasteiger partial charge in [0, 0.05) is 11.6 Å². The largest absolute Gasteiger partial charge is 0.452 e. The van der Waals surface area contributed by atoms with Gasteiger partial charge in [0.15, 0.2) is 6.61 Å². The zero-order valence-corrected chi connectivity index (χ0v) is 13.1. The molecular weight excluding hydrogens is 327 g/mol. The summed E-state index contributed by atoms with van der Waals surface area (Å²) in [5.74, 6) is -2.30. The molecule has 128 valence electrons. The number of carbonyl (C=O) groups is 3. The molecule has 0 heterocycles. The third-order valence-corrected chi connectivity index (χ3v) is 2.98. The third-order valence-electron chi connectivity index (χ3n) is 2.98. The molecule has 0 aliphatic heterocycles. The molecule has 0 bridgehead atoms. The highest BCUT2D eigenvalue weighted by atomic mass is 19.1. The summed E-state index contributed by atoms with van der Waals surface area (Å²) in [6.07, 6.45) is 2.54. The minimum atomic E-state index is -0.742. The van der Waals surface area contributed by atoms with E-state index in [2.05, 4.69) is 10.9 Å². The molecule has 2 amide bonds. The highest BCUT2D eigenvalue weighted by molar-refractivity contribution is 5.95. The maximum Gasteiger partial charge on any atom is 0.331 e. The fourth-order valence-corrected chi connectivity index (χ4v) is 1.75. The second kappa shape index (κ2) is 8.97. The van der Waals surface area contributed by atoms with Gasteiger partial charge in [-0.3, -0.25) is 20.4 Å².